The standard InChI is InChI=1S/C27H32ClN2O2P/c1-30(2)24-17-19-26(20-18-24)33(31,32-25-11-7-4-8-12-25)27(21-13-15-22(28)16-14-21)29-23-9-5-3-6-10-23/h3,5-6,9-10,13-20,25,27,29H,4,7-8,11-12H2,1-2H3/t27-,33-/m1/s1. The van der Waals surface area contributed by atoms with Crippen molar-refractivity contribution in [2.75, 3.05) is 24.3 Å². The molecule has 4 nitrogen and oxygen atoms in total. The molecule has 1 saturated carbocycles. The third-order valence-corrected chi connectivity index (χ3v) is 9.18. The van der Waals surface area contributed by atoms with Crippen molar-refractivity contribution in [2.45, 2.75) is 44.0 Å². The Hall–Kier alpha value is -2.26. The van der Waals surface area contributed by atoms with Gasteiger partial charge in [0.2, 0.25) is 0 Å². The number of nitrogens with zero attached hydrogens (tertiary/aromatic N) is 1. The molecule has 0 bridgehead atoms. The summed E-state index contributed by atoms with van der Waals surface area (Å²) in [6.45, 7) is 0. The Balaban J connectivity index is 1.80. The van der Waals surface area contributed by atoms with E-state index in [1.165, 1.54) is 6.42 Å². The third kappa shape index (κ3) is 5.81. The predicted molar refractivity (Wildman–Crippen MR) is 140 cm³/mol. The molecule has 4 rings (SSSR count). The molecule has 0 saturated heterocycles. The molecule has 1 N–H and O–H groups in total. The van der Waals surface area contributed by atoms with Gasteiger partial charge < -0.3 is 14.7 Å². The molecule has 3 aromatic carbocycles. The smallest absolute Gasteiger partial charge is 0.258 e. The van der Waals surface area contributed by atoms with Crippen LogP contribution in [-0.2, 0) is 9.09 Å². The summed E-state index contributed by atoms with van der Waals surface area (Å²) in [6.07, 6.45) is 5.32. The van der Waals surface area contributed by atoms with E-state index in [9.17, 15) is 0 Å². The normalized spacial score (nSPS) is 17.2. The molecule has 3 aromatic rings. The van der Waals surface area contributed by atoms with Crippen molar-refractivity contribution in [1.82, 2.24) is 0 Å². The number of hydrogen-bond acceptors (Lipinski definition) is 4. The highest BCUT2D eigenvalue weighted by Crippen LogP contribution is 2.60. The van der Waals surface area contributed by atoms with E-state index in [2.05, 4.69) is 5.32 Å². The Bertz CT molecular complexity index is 1070. The molecule has 2 atom stereocenters. The molecule has 0 spiro atoms. The summed E-state index contributed by atoms with van der Waals surface area (Å²) < 4.78 is 21.7. The maximum Gasteiger partial charge on any atom is 0.258 e. The van der Waals surface area contributed by atoms with Crippen LogP contribution in [0.1, 0.15) is 43.5 Å². The summed E-state index contributed by atoms with van der Waals surface area (Å²) in [7, 11) is 0.626. The Morgan fingerprint density at radius 3 is 2.15 bits per heavy atom. The Morgan fingerprint density at radius 1 is 0.909 bits per heavy atom. The number of anilines is 2. The van der Waals surface area contributed by atoms with Gasteiger partial charge in [-0.15, -0.1) is 0 Å². The lowest BCUT2D eigenvalue weighted by Crippen LogP contribution is -2.25. The van der Waals surface area contributed by atoms with Crippen molar-refractivity contribution in [1.29, 1.82) is 0 Å². The lowest BCUT2D eigenvalue weighted by molar-refractivity contribution is 0.159. The van der Waals surface area contributed by atoms with E-state index in [0.717, 1.165) is 47.9 Å². The Labute approximate surface area is 202 Å². The zero-order chi connectivity index (χ0) is 23.3. The van der Waals surface area contributed by atoms with Crippen LogP contribution in [0.15, 0.2) is 78.9 Å². The van der Waals surface area contributed by atoms with Crippen molar-refractivity contribution < 1.29 is 9.09 Å². The molecule has 0 radical (unpaired) electrons. The van der Waals surface area contributed by atoms with Crippen molar-refractivity contribution in [3.8, 4) is 0 Å². The first-order valence-electron chi connectivity index (χ1n) is 11.6. The topological polar surface area (TPSA) is 41.6 Å². The molecule has 0 aliphatic heterocycles. The Kier molecular flexibility index (Phi) is 7.80. The van der Waals surface area contributed by atoms with Crippen molar-refractivity contribution in [3.05, 3.63) is 89.4 Å². The van der Waals surface area contributed by atoms with E-state index >= 15 is 4.57 Å². The van der Waals surface area contributed by atoms with E-state index in [1.54, 1.807) is 0 Å². The first kappa shape index (κ1) is 23.9. The third-order valence-electron chi connectivity index (χ3n) is 6.19. The van der Waals surface area contributed by atoms with Crippen molar-refractivity contribution in [2.24, 2.45) is 0 Å². The zero-order valence-electron chi connectivity index (χ0n) is 19.3. The molecular formula is C27H32ClN2O2P. The quantitative estimate of drug-likeness (QED) is 0.338. The minimum absolute atomic E-state index is 0.00881. The SMILES string of the molecule is CN(C)c1ccc([P@@](=O)(OC2CCCCC2)[C@@H](Nc2ccccc2)c2ccc(Cl)cc2)cc1. The largest absolute Gasteiger partial charge is 0.378 e. The molecule has 1 aliphatic rings. The fraction of sp³-hybridized carbons (Fsp3) is 0.333. The van der Waals surface area contributed by atoms with Crippen LogP contribution in [0.2, 0.25) is 5.02 Å². The van der Waals surface area contributed by atoms with Crippen LogP contribution in [0, 0.1) is 0 Å². The molecule has 0 unspecified atom stereocenters. The lowest BCUT2D eigenvalue weighted by Gasteiger charge is -2.34. The maximum atomic E-state index is 15.0. The van der Waals surface area contributed by atoms with Crippen LogP contribution in [0.5, 0.6) is 0 Å². The molecule has 0 heterocycles. The molecule has 0 amide bonds. The van der Waals surface area contributed by atoms with E-state index in [0.29, 0.717) is 5.02 Å². The van der Waals surface area contributed by atoms with Crippen LogP contribution in [0.25, 0.3) is 0 Å². The van der Waals surface area contributed by atoms with Gasteiger partial charge in [0.1, 0.15) is 5.78 Å². The molecule has 33 heavy (non-hydrogen) atoms. The van der Waals surface area contributed by atoms with Gasteiger partial charge in [-0.1, -0.05) is 61.2 Å². The van der Waals surface area contributed by atoms with Crippen molar-refractivity contribution >= 4 is 35.6 Å². The van der Waals surface area contributed by atoms with Crippen molar-refractivity contribution in [3.63, 3.8) is 0 Å². The average Bonchev–Trinajstić information content (AvgIpc) is 2.84. The summed E-state index contributed by atoms with van der Waals surface area (Å²) >= 11 is 6.19. The second kappa shape index (κ2) is 10.8. The molecular weight excluding hydrogens is 451 g/mol. The summed E-state index contributed by atoms with van der Waals surface area (Å²) in [6, 6.07) is 25.4. The first-order valence-corrected chi connectivity index (χ1v) is 13.7. The molecule has 1 fully saturated rings. The highest BCUT2D eigenvalue weighted by atomic mass is 35.5. The van der Waals surface area contributed by atoms with Gasteiger partial charge in [0.15, 0.2) is 0 Å². The van der Waals surface area contributed by atoms with Gasteiger partial charge in [-0.2, -0.15) is 0 Å². The number of nitrogens with one attached hydrogen (secondary N) is 1. The van der Waals surface area contributed by atoms with E-state index in [1.807, 2.05) is 97.9 Å². The minimum Gasteiger partial charge on any atom is -0.378 e. The molecule has 6 heteroatoms. The molecule has 0 aromatic heterocycles. The first-order chi connectivity index (χ1) is 16.0. The number of benzene rings is 3. The Morgan fingerprint density at radius 2 is 1.55 bits per heavy atom. The zero-order valence-corrected chi connectivity index (χ0v) is 20.9. The maximum absolute atomic E-state index is 15.0. The van der Waals surface area contributed by atoms with E-state index in [4.69, 9.17) is 16.1 Å². The van der Waals surface area contributed by atoms with Crippen LogP contribution in [-0.4, -0.2) is 20.2 Å². The number of para-hydroxylation sites is 1. The van der Waals surface area contributed by atoms with E-state index in [-0.39, 0.29) is 6.10 Å². The van der Waals surface area contributed by atoms with Gasteiger partial charge in [-0.3, -0.25) is 4.57 Å². The van der Waals surface area contributed by atoms with Crippen LogP contribution in [0.3, 0.4) is 0 Å². The number of rotatable bonds is 8. The highest BCUT2D eigenvalue weighted by molar-refractivity contribution is 7.67. The highest BCUT2D eigenvalue weighted by Gasteiger charge is 2.40. The summed E-state index contributed by atoms with van der Waals surface area (Å²) in [5.41, 5.74) is 2.84. The van der Waals surface area contributed by atoms with Gasteiger partial charge >= 0.3 is 0 Å². The van der Waals surface area contributed by atoms with Gasteiger partial charge in [0.25, 0.3) is 7.37 Å². The fourth-order valence-electron chi connectivity index (χ4n) is 4.32. The summed E-state index contributed by atoms with van der Waals surface area (Å²) in [5, 5.41) is 4.91. The average molecular weight is 483 g/mol. The molecule has 174 valence electrons. The predicted octanol–water partition coefficient (Wildman–Crippen LogP) is 7.47. The number of hydrogen-bond donors (Lipinski definition) is 1. The monoisotopic (exact) mass is 482 g/mol. The van der Waals surface area contributed by atoms with Gasteiger partial charge in [-0.05, 0) is 66.9 Å². The summed E-state index contributed by atoms with van der Waals surface area (Å²) in [4.78, 5) is 2.04. The summed E-state index contributed by atoms with van der Waals surface area (Å²) in [5.74, 6) is -0.538. The lowest BCUT2D eigenvalue weighted by atomic mass is 9.98. The second-order valence-corrected chi connectivity index (χ2v) is 11.7. The van der Waals surface area contributed by atoms with Crippen LogP contribution < -0.4 is 15.5 Å². The minimum atomic E-state index is -3.38. The fourth-order valence-corrected chi connectivity index (χ4v) is 7.09. The van der Waals surface area contributed by atoms with Crippen LogP contribution >= 0.6 is 19.0 Å². The van der Waals surface area contributed by atoms with Gasteiger partial charge in [0, 0.05) is 35.8 Å². The molecule has 1 aliphatic carbocycles. The van der Waals surface area contributed by atoms with Crippen LogP contribution in [0.4, 0.5) is 11.4 Å². The van der Waals surface area contributed by atoms with Gasteiger partial charge in [0.05, 0.1) is 6.10 Å². The van der Waals surface area contributed by atoms with Gasteiger partial charge in [-0.25, -0.2) is 0 Å². The second-order valence-electron chi connectivity index (χ2n) is 8.84. The van der Waals surface area contributed by atoms with E-state index < -0.39 is 13.2 Å². The number of halogens is 1.